The van der Waals surface area contributed by atoms with Gasteiger partial charge in [0.1, 0.15) is 51.3 Å². The van der Waals surface area contributed by atoms with Crippen LogP contribution in [0.25, 0.3) is 11.0 Å². The van der Waals surface area contributed by atoms with Gasteiger partial charge in [0.25, 0.3) is 16.3 Å². The first-order chi connectivity index (χ1) is 26.5. The Hall–Kier alpha value is -5.26. The van der Waals surface area contributed by atoms with Crippen molar-refractivity contribution in [2.45, 2.75) is 30.2 Å². The lowest BCUT2D eigenvalue weighted by atomic mass is 9.79. The molecular formula is C50H46N2P2+4. The highest BCUT2D eigenvalue weighted by atomic mass is 31.2. The van der Waals surface area contributed by atoms with E-state index in [1.165, 1.54) is 42.9 Å². The maximum Gasteiger partial charge on any atom is 0.288 e. The summed E-state index contributed by atoms with van der Waals surface area (Å²) in [4.78, 5) is 0. The second kappa shape index (κ2) is 13.9. The number of aryl methyl sites for hydroxylation is 1. The highest BCUT2D eigenvalue weighted by Gasteiger charge is 2.84. The van der Waals surface area contributed by atoms with Crippen LogP contribution >= 0.6 is 14.5 Å². The molecule has 1 aliphatic rings. The quantitative estimate of drug-likeness (QED) is 0.105. The van der Waals surface area contributed by atoms with E-state index in [9.17, 15) is 0 Å². The third kappa shape index (κ3) is 5.08. The molecule has 2 nitrogen and oxygen atoms in total. The van der Waals surface area contributed by atoms with Crippen molar-refractivity contribution in [1.29, 1.82) is 0 Å². The van der Waals surface area contributed by atoms with E-state index in [1.807, 2.05) is 0 Å². The summed E-state index contributed by atoms with van der Waals surface area (Å²) in [5, 5.41) is 8.14. The molecule has 1 fully saturated rings. The number of hydrogen-bond donors (Lipinski definition) is 0. The van der Waals surface area contributed by atoms with Crippen molar-refractivity contribution in [3.05, 3.63) is 219 Å². The van der Waals surface area contributed by atoms with Crippen molar-refractivity contribution < 1.29 is 9.13 Å². The van der Waals surface area contributed by atoms with Crippen LogP contribution in [-0.4, -0.2) is 5.16 Å². The summed E-state index contributed by atoms with van der Waals surface area (Å²) in [5.74, 6) is 0. The number of rotatable bonds is 9. The van der Waals surface area contributed by atoms with Gasteiger partial charge in [-0.25, -0.2) is 0 Å². The third-order valence-electron chi connectivity index (χ3n) is 12.0. The van der Waals surface area contributed by atoms with Crippen LogP contribution in [0.15, 0.2) is 219 Å². The van der Waals surface area contributed by atoms with Gasteiger partial charge in [-0.15, -0.1) is 0 Å². The van der Waals surface area contributed by atoms with Crippen LogP contribution in [0.5, 0.6) is 0 Å². The van der Waals surface area contributed by atoms with Gasteiger partial charge < -0.3 is 0 Å². The molecule has 1 saturated carbocycles. The predicted molar refractivity (Wildman–Crippen MR) is 231 cm³/mol. The summed E-state index contributed by atoms with van der Waals surface area (Å²) in [6.45, 7) is 2.63. The summed E-state index contributed by atoms with van der Waals surface area (Å²) < 4.78 is 5.01. The second-order valence-electron chi connectivity index (χ2n) is 15.0. The molecule has 0 saturated heterocycles. The largest absolute Gasteiger partial charge is 0.288 e. The Morgan fingerprint density at radius 2 is 0.685 bits per heavy atom. The smallest absolute Gasteiger partial charge is 0.196 e. The number of fused-ring (bicyclic) bond motifs is 1. The molecule has 0 bridgehead atoms. The molecule has 0 aliphatic heterocycles. The van der Waals surface area contributed by atoms with E-state index in [4.69, 9.17) is 0 Å². The maximum atomic E-state index is 2.74. The molecule has 2 heterocycles. The average molecular weight is 737 g/mol. The van der Waals surface area contributed by atoms with Gasteiger partial charge in [-0.05, 0) is 79.7 Å². The molecule has 0 amide bonds. The predicted octanol–water partition coefficient (Wildman–Crippen LogP) is 8.15. The fourth-order valence-corrected chi connectivity index (χ4v) is 21.8. The van der Waals surface area contributed by atoms with Gasteiger partial charge in [0.15, 0.2) is 19.7 Å². The van der Waals surface area contributed by atoms with E-state index in [0.29, 0.717) is 0 Å². The normalized spacial score (nSPS) is 18.6. The molecule has 0 spiro atoms. The molecule has 0 N–H and O–H groups in total. The van der Waals surface area contributed by atoms with E-state index in [-0.39, 0.29) is 10.4 Å². The average Bonchev–Trinajstić information content (AvgIpc) is 3.23. The van der Waals surface area contributed by atoms with Crippen LogP contribution in [0.4, 0.5) is 0 Å². The monoisotopic (exact) mass is 736 g/mol. The fourth-order valence-electron chi connectivity index (χ4n) is 10.1. The van der Waals surface area contributed by atoms with Gasteiger partial charge in [-0.3, -0.25) is 0 Å². The molecule has 54 heavy (non-hydrogen) atoms. The minimum absolute atomic E-state index is 0.104. The molecule has 6 aromatic carbocycles. The number of benzene rings is 6. The van der Waals surface area contributed by atoms with Crippen LogP contribution in [0, 0.1) is 0 Å². The molecule has 0 atom stereocenters. The van der Waals surface area contributed by atoms with E-state index in [0.717, 1.165) is 12.8 Å². The minimum Gasteiger partial charge on any atom is -0.196 e. The van der Waals surface area contributed by atoms with Gasteiger partial charge in [0, 0.05) is 24.3 Å². The topological polar surface area (TPSA) is 7.76 Å². The molecule has 0 unspecified atom stereocenters. The zero-order valence-corrected chi connectivity index (χ0v) is 32.8. The lowest BCUT2D eigenvalue weighted by molar-refractivity contribution is -0.734. The van der Waals surface area contributed by atoms with Crippen LogP contribution in [-0.2, 0) is 12.3 Å². The Morgan fingerprint density at radius 1 is 0.370 bits per heavy atom. The van der Waals surface area contributed by atoms with E-state index < -0.39 is 14.5 Å². The molecule has 1 aliphatic carbocycles. The first-order valence-electron chi connectivity index (χ1n) is 19.0. The lowest BCUT2D eigenvalue weighted by Gasteiger charge is -2.56. The SMILES string of the molecule is C[n+]1cccc2c1ccc[n+]2C1([P+](c2ccccc2)(c2ccccc2)c2ccccc2)CC(C)([P+](c2ccccc2)(c2ccccc2)c2ccccc2)C1. The summed E-state index contributed by atoms with van der Waals surface area (Å²) in [7, 11) is -2.59. The first-order valence-corrected chi connectivity index (χ1v) is 22.5. The molecule has 9 rings (SSSR count). The molecule has 8 aromatic rings. The van der Waals surface area contributed by atoms with Gasteiger partial charge in [-0.1, -0.05) is 109 Å². The van der Waals surface area contributed by atoms with Crippen molar-refractivity contribution in [2.75, 3.05) is 0 Å². The lowest BCUT2D eigenvalue weighted by Crippen LogP contribution is -2.74. The van der Waals surface area contributed by atoms with E-state index >= 15 is 0 Å². The first kappa shape index (κ1) is 34.5. The van der Waals surface area contributed by atoms with Crippen molar-refractivity contribution in [3.63, 3.8) is 0 Å². The Morgan fingerprint density at radius 3 is 1.06 bits per heavy atom. The fraction of sp³-hybridized carbons (Fsp3) is 0.120. The Balaban J connectivity index is 1.44. The van der Waals surface area contributed by atoms with Crippen molar-refractivity contribution >= 4 is 57.4 Å². The van der Waals surface area contributed by atoms with Gasteiger partial charge in [0.05, 0.1) is 12.8 Å². The van der Waals surface area contributed by atoms with Crippen LogP contribution in [0.2, 0.25) is 0 Å². The van der Waals surface area contributed by atoms with Crippen LogP contribution in [0.1, 0.15) is 19.8 Å². The van der Waals surface area contributed by atoms with Crippen molar-refractivity contribution in [3.8, 4) is 0 Å². The third-order valence-corrected chi connectivity index (χ3v) is 22.2. The summed E-state index contributed by atoms with van der Waals surface area (Å²) in [6, 6.07) is 78.2. The number of hydrogen-bond acceptors (Lipinski definition) is 0. The summed E-state index contributed by atoms with van der Waals surface area (Å²) >= 11 is 0. The minimum atomic E-state index is -2.48. The van der Waals surface area contributed by atoms with Crippen LogP contribution < -0.4 is 41.0 Å². The summed E-state index contributed by atoms with van der Waals surface area (Å²) in [6.07, 6.45) is 6.55. The Kier molecular flexibility index (Phi) is 8.86. The zero-order valence-electron chi connectivity index (χ0n) is 31.0. The Labute approximate surface area is 321 Å². The second-order valence-corrected chi connectivity index (χ2v) is 22.6. The van der Waals surface area contributed by atoms with E-state index in [2.05, 4.69) is 242 Å². The molecule has 2 aromatic heterocycles. The number of pyridine rings is 2. The highest BCUT2D eigenvalue weighted by Crippen LogP contribution is 2.83. The van der Waals surface area contributed by atoms with E-state index in [1.54, 1.807) is 0 Å². The molecule has 4 heteroatoms. The highest BCUT2D eigenvalue weighted by molar-refractivity contribution is 7.98. The number of aromatic nitrogens is 2. The maximum absolute atomic E-state index is 2.74. The Bertz CT molecular complexity index is 2310. The van der Waals surface area contributed by atoms with Gasteiger partial charge >= 0.3 is 0 Å². The molecule has 262 valence electrons. The van der Waals surface area contributed by atoms with Crippen molar-refractivity contribution in [2.24, 2.45) is 7.05 Å². The number of nitrogens with zero attached hydrogens (tertiary/aromatic N) is 2. The standard InChI is InChI=1S/C50H46N2P2/c1-49(53(41-23-9-3-10-24-41,42-25-11-4-12-26-42)43-27-13-5-14-28-43)39-50(40-49,52-38-22-35-47-48(52)36-21-37-51(47)2)54(44-29-15-6-16-30-44,45-31-17-7-18-32-45)46-33-19-8-20-34-46/h3-38H,39-40H2,1-2H3/q+4. The van der Waals surface area contributed by atoms with Gasteiger partial charge in [-0.2, -0.15) is 9.13 Å². The summed E-state index contributed by atoms with van der Waals surface area (Å²) in [5.41, 5.74) is 2.50. The molecular weight excluding hydrogens is 691 g/mol. The van der Waals surface area contributed by atoms with Gasteiger partial charge in [0.2, 0.25) is 0 Å². The molecule has 0 radical (unpaired) electrons. The zero-order chi connectivity index (χ0) is 36.6. The van der Waals surface area contributed by atoms with Crippen LogP contribution in [0.3, 0.4) is 0 Å². The van der Waals surface area contributed by atoms with Crippen molar-refractivity contribution in [1.82, 2.24) is 0 Å².